The first kappa shape index (κ1) is 13.4. The van der Waals surface area contributed by atoms with Crippen molar-refractivity contribution in [2.75, 3.05) is 18.1 Å². The van der Waals surface area contributed by atoms with Crippen LogP contribution in [0.1, 0.15) is 24.5 Å². The molecule has 1 saturated heterocycles. The van der Waals surface area contributed by atoms with Gasteiger partial charge in [-0.05, 0) is 36.3 Å². The normalized spacial score (nSPS) is 22.4. The van der Waals surface area contributed by atoms with Crippen molar-refractivity contribution in [1.29, 1.82) is 0 Å². The fourth-order valence-electron chi connectivity index (χ4n) is 2.01. The molecular formula is C13H18BrNOS. The molecule has 0 aliphatic carbocycles. The standard InChI is InChI=1S/C13H18BrNOS/c14-11-4-1-3-10(7-11)13(16)8-15-12-5-2-6-17-9-12/h1,3-4,7,12-13,15-16H,2,5-6,8-9H2. The van der Waals surface area contributed by atoms with E-state index in [1.807, 2.05) is 36.0 Å². The molecule has 1 aliphatic heterocycles. The average Bonchev–Trinajstić information content (AvgIpc) is 2.37. The summed E-state index contributed by atoms with van der Waals surface area (Å²) >= 11 is 5.42. The Balaban J connectivity index is 1.82. The Morgan fingerprint density at radius 3 is 3.12 bits per heavy atom. The van der Waals surface area contributed by atoms with Gasteiger partial charge in [0.15, 0.2) is 0 Å². The van der Waals surface area contributed by atoms with Crippen molar-refractivity contribution in [3.05, 3.63) is 34.3 Å². The molecule has 1 fully saturated rings. The van der Waals surface area contributed by atoms with Crippen molar-refractivity contribution in [3.8, 4) is 0 Å². The summed E-state index contributed by atoms with van der Waals surface area (Å²) in [6.07, 6.45) is 2.10. The van der Waals surface area contributed by atoms with E-state index in [2.05, 4.69) is 21.2 Å². The molecule has 4 heteroatoms. The lowest BCUT2D eigenvalue weighted by Gasteiger charge is -2.24. The molecule has 0 radical (unpaired) electrons. The second-order valence-electron chi connectivity index (χ2n) is 4.39. The summed E-state index contributed by atoms with van der Waals surface area (Å²) in [6.45, 7) is 0.641. The molecule has 1 aromatic rings. The number of rotatable bonds is 4. The highest BCUT2D eigenvalue weighted by Crippen LogP contribution is 2.20. The second-order valence-corrected chi connectivity index (χ2v) is 6.46. The van der Waals surface area contributed by atoms with Crippen LogP contribution in [0, 0.1) is 0 Å². The van der Waals surface area contributed by atoms with Crippen LogP contribution in [0.4, 0.5) is 0 Å². The van der Waals surface area contributed by atoms with E-state index < -0.39 is 6.10 Å². The number of hydrogen-bond donors (Lipinski definition) is 2. The number of benzene rings is 1. The van der Waals surface area contributed by atoms with Crippen LogP contribution in [0.25, 0.3) is 0 Å². The van der Waals surface area contributed by atoms with Crippen molar-refractivity contribution in [2.45, 2.75) is 25.0 Å². The van der Waals surface area contributed by atoms with Gasteiger partial charge in [0.1, 0.15) is 0 Å². The molecule has 1 aliphatic rings. The lowest BCUT2D eigenvalue weighted by molar-refractivity contribution is 0.170. The Hall–Kier alpha value is -0.0300. The number of thioether (sulfide) groups is 1. The van der Waals surface area contributed by atoms with Crippen LogP contribution in [-0.4, -0.2) is 29.2 Å². The highest BCUT2D eigenvalue weighted by Gasteiger charge is 2.15. The highest BCUT2D eigenvalue weighted by molar-refractivity contribution is 9.10. The summed E-state index contributed by atoms with van der Waals surface area (Å²) in [5.41, 5.74) is 0.968. The largest absolute Gasteiger partial charge is 0.387 e. The van der Waals surface area contributed by atoms with E-state index >= 15 is 0 Å². The molecule has 17 heavy (non-hydrogen) atoms. The molecule has 0 bridgehead atoms. The zero-order valence-electron chi connectivity index (χ0n) is 9.73. The van der Waals surface area contributed by atoms with Crippen LogP contribution in [0.15, 0.2) is 28.7 Å². The van der Waals surface area contributed by atoms with E-state index in [0.717, 1.165) is 10.0 Å². The molecule has 0 saturated carbocycles. The number of nitrogens with one attached hydrogen (secondary N) is 1. The van der Waals surface area contributed by atoms with E-state index in [9.17, 15) is 5.11 Å². The molecule has 1 aromatic carbocycles. The Bertz CT molecular complexity index is 355. The number of hydrogen-bond acceptors (Lipinski definition) is 3. The van der Waals surface area contributed by atoms with Gasteiger partial charge in [0, 0.05) is 22.8 Å². The van der Waals surface area contributed by atoms with Gasteiger partial charge < -0.3 is 10.4 Å². The Kier molecular flexibility index (Phi) is 5.35. The van der Waals surface area contributed by atoms with E-state index in [4.69, 9.17) is 0 Å². The zero-order chi connectivity index (χ0) is 12.1. The monoisotopic (exact) mass is 315 g/mol. The lowest BCUT2D eigenvalue weighted by Crippen LogP contribution is -2.36. The zero-order valence-corrected chi connectivity index (χ0v) is 12.1. The maximum Gasteiger partial charge on any atom is 0.0914 e. The van der Waals surface area contributed by atoms with Crippen LogP contribution >= 0.6 is 27.7 Å². The van der Waals surface area contributed by atoms with Crippen LogP contribution in [0.3, 0.4) is 0 Å². The van der Waals surface area contributed by atoms with Gasteiger partial charge in [-0.1, -0.05) is 28.1 Å². The van der Waals surface area contributed by atoms with Crippen LogP contribution in [0.2, 0.25) is 0 Å². The van der Waals surface area contributed by atoms with Crippen LogP contribution in [-0.2, 0) is 0 Å². The van der Waals surface area contributed by atoms with E-state index in [1.54, 1.807) is 0 Å². The van der Waals surface area contributed by atoms with Crippen molar-refractivity contribution >= 4 is 27.7 Å². The first-order valence-corrected chi connectivity index (χ1v) is 7.95. The van der Waals surface area contributed by atoms with Gasteiger partial charge in [-0.3, -0.25) is 0 Å². The molecule has 2 atom stereocenters. The molecule has 0 amide bonds. The summed E-state index contributed by atoms with van der Waals surface area (Å²) < 4.78 is 1.02. The maximum absolute atomic E-state index is 10.1. The summed E-state index contributed by atoms with van der Waals surface area (Å²) in [5, 5.41) is 13.5. The van der Waals surface area contributed by atoms with Gasteiger partial charge in [-0.15, -0.1) is 0 Å². The van der Waals surface area contributed by atoms with E-state index in [-0.39, 0.29) is 0 Å². The molecule has 2 unspecified atom stereocenters. The molecule has 0 aromatic heterocycles. The van der Waals surface area contributed by atoms with Gasteiger partial charge in [-0.25, -0.2) is 0 Å². The van der Waals surface area contributed by atoms with Gasteiger partial charge in [0.05, 0.1) is 6.10 Å². The third kappa shape index (κ3) is 4.28. The van der Waals surface area contributed by atoms with Gasteiger partial charge >= 0.3 is 0 Å². The molecule has 0 spiro atoms. The van der Waals surface area contributed by atoms with Gasteiger partial charge in [0.2, 0.25) is 0 Å². The number of aliphatic hydroxyl groups excluding tert-OH is 1. The molecule has 94 valence electrons. The maximum atomic E-state index is 10.1. The van der Waals surface area contributed by atoms with Crippen molar-refractivity contribution in [3.63, 3.8) is 0 Å². The predicted molar refractivity (Wildman–Crippen MR) is 77.5 cm³/mol. The molecule has 1 heterocycles. The molecule has 2 nitrogen and oxygen atoms in total. The first-order chi connectivity index (χ1) is 8.25. The predicted octanol–water partition coefficient (Wildman–Crippen LogP) is 2.97. The van der Waals surface area contributed by atoms with Crippen LogP contribution < -0.4 is 5.32 Å². The number of halogens is 1. The summed E-state index contributed by atoms with van der Waals surface area (Å²) in [7, 11) is 0. The Morgan fingerprint density at radius 2 is 2.41 bits per heavy atom. The highest BCUT2D eigenvalue weighted by atomic mass is 79.9. The second kappa shape index (κ2) is 6.78. The smallest absolute Gasteiger partial charge is 0.0914 e. The first-order valence-electron chi connectivity index (χ1n) is 6.00. The van der Waals surface area contributed by atoms with Crippen LogP contribution in [0.5, 0.6) is 0 Å². The molecular weight excluding hydrogens is 298 g/mol. The number of aliphatic hydroxyl groups is 1. The lowest BCUT2D eigenvalue weighted by atomic mass is 10.1. The Morgan fingerprint density at radius 1 is 1.53 bits per heavy atom. The topological polar surface area (TPSA) is 32.3 Å². The quantitative estimate of drug-likeness (QED) is 0.896. The summed E-state index contributed by atoms with van der Waals surface area (Å²) in [6, 6.07) is 8.44. The average molecular weight is 316 g/mol. The fraction of sp³-hybridized carbons (Fsp3) is 0.538. The Labute approximate surface area is 115 Å². The van der Waals surface area contributed by atoms with Crippen molar-refractivity contribution < 1.29 is 5.11 Å². The molecule has 2 N–H and O–H groups in total. The van der Waals surface area contributed by atoms with Crippen molar-refractivity contribution in [2.24, 2.45) is 0 Å². The minimum atomic E-state index is -0.417. The molecule has 2 rings (SSSR count). The van der Waals surface area contributed by atoms with E-state index in [0.29, 0.717) is 12.6 Å². The fourth-order valence-corrected chi connectivity index (χ4v) is 3.54. The minimum absolute atomic E-state index is 0.417. The summed E-state index contributed by atoms with van der Waals surface area (Å²) in [4.78, 5) is 0. The third-order valence-electron chi connectivity index (χ3n) is 2.99. The van der Waals surface area contributed by atoms with Gasteiger partial charge in [0.25, 0.3) is 0 Å². The van der Waals surface area contributed by atoms with Gasteiger partial charge in [-0.2, -0.15) is 11.8 Å². The van der Waals surface area contributed by atoms with Crippen molar-refractivity contribution in [1.82, 2.24) is 5.32 Å². The summed E-state index contributed by atoms with van der Waals surface area (Å²) in [5.74, 6) is 2.46. The van der Waals surface area contributed by atoms with E-state index in [1.165, 1.54) is 24.3 Å². The minimum Gasteiger partial charge on any atom is -0.387 e. The third-order valence-corrected chi connectivity index (χ3v) is 4.70. The SMILES string of the molecule is OC(CNC1CCCSC1)c1cccc(Br)c1.